The van der Waals surface area contributed by atoms with Crippen LogP contribution in [0.4, 0.5) is 23.5 Å². The predicted octanol–water partition coefficient (Wildman–Crippen LogP) is 3.92. The van der Waals surface area contributed by atoms with Gasteiger partial charge in [-0.1, -0.05) is 35.4 Å². The minimum absolute atomic E-state index is 0.142. The number of carbonyl (C=O) groups excluding carboxylic acids is 2. The third-order valence-electron chi connectivity index (χ3n) is 7.44. The lowest BCUT2D eigenvalue weighted by Gasteiger charge is -2.12. The monoisotopic (exact) mass is 757 g/mol. The van der Waals surface area contributed by atoms with E-state index in [1.54, 1.807) is 48.5 Å². The van der Waals surface area contributed by atoms with E-state index < -0.39 is 0 Å². The molecule has 0 radical (unpaired) electrons. The van der Waals surface area contributed by atoms with Crippen LogP contribution in [-0.4, -0.2) is 117 Å². The molecule has 3 aromatic carbocycles. The third kappa shape index (κ3) is 17.1. The maximum atomic E-state index is 12.6. The van der Waals surface area contributed by atoms with E-state index in [0.29, 0.717) is 114 Å². The summed E-state index contributed by atoms with van der Waals surface area (Å²) in [4.78, 5) is 40.9. The van der Waals surface area contributed by atoms with Gasteiger partial charge in [0.25, 0.3) is 11.8 Å². The van der Waals surface area contributed by atoms with Crippen molar-refractivity contribution in [2.75, 3.05) is 102 Å². The van der Waals surface area contributed by atoms with Crippen LogP contribution in [0.2, 0.25) is 0 Å². The highest BCUT2D eigenvalue weighted by Crippen LogP contribution is 2.17. The molecule has 4 rings (SSSR count). The molecular formula is C37H47N11O7. The minimum atomic E-state index is -0.242. The van der Waals surface area contributed by atoms with Crippen LogP contribution >= 0.6 is 0 Å². The summed E-state index contributed by atoms with van der Waals surface area (Å²) in [6.45, 7) is 4.83. The molecule has 0 unspecified atom stereocenters. The fourth-order valence-electron chi connectivity index (χ4n) is 4.70. The van der Waals surface area contributed by atoms with Gasteiger partial charge in [-0.25, -0.2) is 0 Å². The number of nitrogens with zero attached hydrogens (tertiary/aromatic N) is 6. The van der Waals surface area contributed by atoms with E-state index in [1.165, 1.54) is 0 Å². The predicted molar refractivity (Wildman–Crippen MR) is 207 cm³/mol. The molecule has 0 aliphatic heterocycles. The Morgan fingerprint density at radius 2 is 1.15 bits per heavy atom. The second-order valence-corrected chi connectivity index (χ2v) is 11.6. The molecule has 18 nitrogen and oxygen atoms in total. The zero-order valence-electron chi connectivity index (χ0n) is 30.5. The van der Waals surface area contributed by atoms with E-state index in [-0.39, 0.29) is 30.1 Å². The van der Waals surface area contributed by atoms with Gasteiger partial charge in [-0.2, -0.15) is 15.0 Å². The first-order chi connectivity index (χ1) is 27.0. The Morgan fingerprint density at radius 1 is 0.618 bits per heavy atom. The lowest BCUT2D eigenvalue weighted by atomic mass is 10.1. The summed E-state index contributed by atoms with van der Waals surface area (Å²) in [7, 11) is 0. The molecule has 0 saturated carbocycles. The fraction of sp³-hybridized carbons (Fsp3) is 0.378. The number of carbonyl (C=O) groups is 2. The molecule has 0 aliphatic rings. The molecule has 1 heterocycles. The molecule has 0 atom stereocenters. The van der Waals surface area contributed by atoms with Gasteiger partial charge in [0.15, 0.2) is 0 Å². The number of amides is 2. The van der Waals surface area contributed by atoms with Crippen molar-refractivity contribution in [2.45, 2.75) is 6.42 Å². The topological polar surface area (TPSA) is 239 Å². The van der Waals surface area contributed by atoms with E-state index in [0.717, 1.165) is 5.56 Å². The van der Waals surface area contributed by atoms with Gasteiger partial charge in [-0.15, -0.1) is 0 Å². The van der Waals surface area contributed by atoms with Crippen molar-refractivity contribution in [3.05, 3.63) is 106 Å². The smallest absolute Gasteiger partial charge is 0.251 e. The minimum Gasteiger partial charge on any atom is -0.508 e. The maximum absolute atomic E-state index is 12.6. The van der Waals surface area contributed by atoms with Crippen molar-refractivity contribution in [2.24, 2.45) is 5.11 Å². The van der Waals surface area contributed by atoms with E-state index >= 15 is 0 Å². The van der Waals surface area contributed by atoms with Crippen molar-refractivity contribution < 1.29 is 33.6 Å². The first-order valence-corrected chi connectivity index (χ1v) is 17.8. The molecule has 55 heavy (non-hydrogen) atoms. The molecule has 1 aromatic heterocycles. The van der Waals surface area contributed by atoms with Gasteiger partial charge >= 0.3 is 0 Å². The van der Waals surface area contributed by atoms with Gasteiger partial charge in [-0.3, -0.25) is 9.59 Å². The summed E-state index contributed by atoms with van der Waals surface area (Å²) in [5.41, 5.74) is 11.0. The van der Waals surface area contributed by atoms with Gasteiger partial charge in [0, 0.05) is 54.4 Å². The molecule has 4 aromatic rings. The first kappa shape index (κ1) is 41.7. The Labute approximate surface area is 319 Å². The highest BCUT2D eigenvalue weighted by molar-refractivity contribution is 5.94. The second-order valence-electron chi connectivity index (χ2n) is 11.6. The molecule has 0 spiro atoms. The Balaban J connectivity index is 1.19. The summed E-state index contributed by atoms with van der Waals surface area (Å²) in [6, 6.07) is 22.9. The van der Waals surface area contributed by atoms with Crippen molar-refractivity contribution >= 4 is 35.3 Å². The molecule has 2 amide bonds. The van der Waals surface area contributed by atoms with Gasteiger partial charge < -0.3 is 50.6 Å². The SMILES string of the molecule is [N-]=[N+]=NCCOCCOCCNC(=O)c1ccc(Nc2nc(NCCOCCOCCNC(=O)c3ccccc3)nc(NCCc3ccc(O)cc3)n2)cc1. The van der Waals surface area contributed by atoms with Crippen LogP contribution in [0, 0.1) is 0 Å². The highest BCUT2D eigenvalue weighted by atomic mass is 16.5. The number of hydrogen-bond acceptors (Lipinski definition) is 14. The average Bonchev–Trinajstić information content (AvgIpc) is 3.20. The summed E-state index contributed by atoms with van der Waals surface area (Å²) < 4.78 is 21.9. The van der Waals surface area contributed by atoms with E-state index in [9.17, 15) is 14.7 Å². The standard InChI is InChI=1S/C37H47N11O7/c38-48-43-19-23-55-27-26-53-21-17-40-34(51)30-8-10-31(11-9-30)44-37-46-35(41-15-14-28-6-12-32(49)13-7-28)45-36(47-37)42-18-22-54-25-24-52-20-16-39-33(50)29-4-2-1-3-5-29/h1-13,49H,14-27H2,(H,39,50)(H,40,51)(H3,41,42,44,45,46,47). The van der Waals surface area contributed by atoms with Crippen LogP contribution in [0.25, 0.3) is 10.4 Å². The number of aromatic nitrogens is 3. The number of nitrogens with one attached hydrogen (secondary N) is 5. The molecule has 292 valence electrons. The van der Waals surface area contributed by atoms with Gasteiger partial charge in [0.1, 0.15) is 5.75 Å². The quantitative estimate of drug-likeness (QED) is 0.0219. The van der Waals surface area contributed by atoms with Crippen LogP contribution in [0.1, 0.15) is 26.3 Å². The van der Waals surface area contributed by atoms with E-state index in [1.807, 2.05) is 30.3 Å². The molecule has 0 bridgehead atoms. The van der Waals surface area contributed by atoms with Gasteiger partial charge in [0.2, 0.25) is 17.8 Å². The Morgan fingerprint density at radius 3 is 1.75 bits per heavy atom. The number of azide groups is 1. The third-order valence-corrected chi connectivity index (χ3v) is 7.44. The maximum Gasteiger partial charge on any atom is 0.251 e. The van der Waals surface area contributed by atoms with Crippen LogP contribution in [0.15, 0.2) is 84.0 Å². The largest absolute Gasteiger partial charge is 0.508 e. The van der Waals surface area contributed by atoms with Crippen LogP contribution in [0.3, 0.4) is 0 Å². The Kier molecular flexibility index (Phi) is 19.0. The van der Waals surface area contributed by atoms with E-state index in [2.05, 4.69) is 51.6 Å². The van der Waals surface area contributed by atoms with Crippen molar-refractivity contribution in [1.82, 2.24) is 25.6 Å². The molecule has 0 aliphatic carbocycles. The Bertz CT molecular complexity index is 1760. The van der Waals surface area contributed by atoms with Crippen molar-refractivity contribution in [3.63, 3.8) is 0 Å². The average molecular weight is 758 g/mol. The Hall–Kier alpha value is -6.04. The van der Waals surface area contributed by atoms with Crippen LogP contribution in [-0.2, 0) is 25.4 Å². The van der Waals surface area contributed by atoms with Crippen molar-refractivity contribution in [3.8, 4) is 5.75 Å². The van der Waals surface area contributed by atoms with Gasteiger partial charge in [-0.05, 0) is 66.0 Å². The van der Waals surface area contributed by atoms with Gasteiger partial charge in [0.05, 0.1) is 52.9 Å². The molecule has 0 saturated heterocycles. The van der Waals surface area contributed by atoms with Crippen molar-refractivity contribution in [1.29, 1.82) is 0 Å². The first-order valence-electron chi connectivity index (χ1n) is 17.8. The number of benzene rings is 3. The molecular weight excluding hydrogens is 710 g/mol. The number of phenols is 1. The number of ether oxygens (including phenoxy) is 4. The summed E-state index contributed by atoms with van der Waals surface area (Å²) in [5.74, 6) is 0.793. The summed E-state index contributed by atoms with van der Waals surface area (Å²) in [6.07, 6.45) is 0.678. The number of anilines is 4. The second kappa shape index (κ2) is 25.1. The zero-order valence-corrected chi connectivity index (χ0v) is 30.5. The normalized spacial score (nSPS) is 10.6. The lowest BCUT2D eigenvalue weighted by Crippen LogP contribution is -2.27. The lowest BCUT2D eigenvalue weighted by molar-refractivity contribution is 0.0511. The fourth-order valence-corrected chi connectivity index (χ4v) is 4.70. The van der Waals surface area contributed by atoms with Crippen LogP contribution in [0.5, 0.6) is 5.75 Å². The summed E-state index contributed by atoms with van der Waals surface area (Å²) >= 11 is 0. The molecule has 0 fully saturated rings. The number of hydrogen-bond donors (Lipinski definition) is 6. The number of phenolic OH excluding ortho intramolecular Hbond substituents is 1. The highest BCUT2D eigenvalue weighted by Gasteiger charge is 2.10. The molecule has 18 heteroatoms. The zero-order chi connectivity index (χ0) is 38.8. The molecule has 6 N–H and O–H groups in total. The summed E-state index contributed by atoms with van der Waals surface area (Å²) in [5, 5.41) is 28.2. The van der Waals surface area contributed by atoms with E-state index in [4.69, 9.17) is 24.5 Å². The number of aromatic hydroxyl groups is 1. The number of rotatable bonds is 27. The van der Waals surface area contributed by atoms with Crippen LogP contribution < -0.4 is 26.6 Å².